The summed E-state index contributed by atoms with van der Waals surface area (Å²) in [5.41, 5.74) is 12.2. The van der Waals surface area contributed by atoms with Gasteiger partial charge in [-0.2, -0.15) is 0 Å². The Kier molecular flexibility index (Phi) is 5.07. The molecule has 5 rings (SSSR count). The fourth-order valence-corrected chi connectivity index (χ4v) is 5.35. The molecular weight excluding hydrogens is 488 g/mol. The number of benzene rings is 1. The van der Waals surface area contributed by atoms with Crippen LogP contribution in [0.4, 0.5) is 11.5 Å². The predicted octanol–water partition coefficient (Wildman–Crippen LogP) is 1.88. The highest BCUT2D eigenvalue weighted by Gasteiger charge is 2.60. The van der Waals surface area contributed by atoms with Gasteiger partial charge < -0.3 is 30.9 Å². The Morgan fingerprint density at radius 3 is 2.85 bits per heavy atom. The van der Waals surface area contributed by atoms with Crippen LogP contribution in [0.2, 0.25) is 0 Å². The summed E-state index contributed by atoms with van der Waals surface area (Å²) in [6, 6.07) is 7.17. The van der Waals surface area contributed by atoms with Crippen molar-refractivity contribution in [3.05, 3.63) is 54.0 Å². The molecule has 174 valence electrons. The van der Waals surface area contributed by atoms with Crippen LogP contribution in [-0.2, 0) is 6.42 Å². The average molecular weight is 515 g/mol. The molecule has 1 aliphatic heterocycles. The summed E-state index contributed by atoms with van der Waals surface area (Å²) < 4.78 is 0.951. The highest BCUT2D eigenvalue weighted by atomic mass is 79.9. The van der Waals surface area contributed by atoms with Crippen molar-refractivity contribution in [3.8, 4) is 0 Å². The second-order valence-electron chi connectivity index (χ2n) is 9.26. The van der Waals surface area contributed by atoms with E-state index in [-0.39, 0.29) is 12.8 Å². The lowest BCUT2D eigenvalue weighted by atomic mass is 9.82. The third kappa shape index (κ3) is 3.62. The smallest absolute Gasteiger partial charge is 0.163 e. The van der Waals surface area contributed by atoms with Crippen LogP contribution in [0.25, 0.3) is 17.1 Å². The van der Waals surface area contributed by atoms with Crippen LogP contribution >= 0.6 is 15.9 Å². The quantitative estimate of drug-likeness (QED) is 0.227. The first-order valence-corrected chi connectivity index (χ1v) is 11.6. The summed E-state index contributed by atoms with van der Waals surface area (Å²) in [6.07, 6.45) is 6.63. The summed E-state index contributed by atoms with van der Waals surface area (Å²) >= 11 is 3.42. The number of rotatable bonds is 4. The number of alkyl halides is 1. The SMILES string of the molecule is C[C@]1(O)[C@@H](O)[C@H](n2ccc3c(N)ncnc32)C[C@]1(O)CCc1ccc2c(c1)NC(N)(Br)C=C2. The van der Waals surface area contributed by atoms with Crippen molar-refractivity contribution >= 4 is 44.5 Å². The predicted molar refractivity (Wildman–Crippen MR) is 130 cm³/mol. The van der Waals surface area contributed by atoms with Gasteiger partial charge in [-0.05, 0) is 65.0 Å². The van der Waals surface area contributed by atoms with Crippen LogP contribution in [0.15, 0.2) is 42.9 Å². The summed E-state index contributed by atoms with van der Waals surface area (Å²) in [5.74, 6) is 0.342. The molecule has 0 spiro atoms. The molecule has 1 unspecified atom stereocenters. The zero-order chi connectivity index (χ0) is 23.6. The maximum atomic E-state index is 11.5. The van der Waals surface area contributed by atoms with Crippen LogP contribution in [0.5, 0.6) is 0 Å². The van der Waals surface area contributed by atoms with Crippen molar-refractivity contribution in [3.63, 3.8) is 0 Å². The van der Waals surface area contributed by atoms with E-state index < -0.39 is 27.9 Å². The topological polar surface area (TPSA) is 155 Å². The van der Waals surface area contributed by atoms with Gasteiger partial charge in [-0.15, -0.1) is 0 Å². The van der Waals surface area contributed by atoms with Gasteiger partial charge in [0.25, 0.3) is 0 Å². The van der Waals surface area contributed by atoms with Gasteiger partial charge in [-0.25, -0.2) is 9.97 Å². The number of nitrogens with two attached hydrogens (primary N) is 2. The van der Waals surface area contributed by atoms with E-state index in [1.54, 1.807) is 16.8 Å². The van der Waals surface area contributed by atoms with Gasteiger partial charge in [0.05, 0.1) is 17.0 Å². The van der Waals surface area contributed by atoms with Crippen molar-refractivity contribution in [2.75, 3.05) is 11.1 Å². The molecule has 1 saturated carbocycles. The normalized spacial score (nSPS) is 33.3. The highest BCUT2D eigenvalue weighted by Crippen LogP contribution is 2.48. The number of hydrogen-bond donors (Lipinski definition) is 6. The van der Waals surface area contributed by atoms with Gasteiger partial charge in [0, 0.05) is 18.3 Å². The molecule has 0 radical (unpaired) electrons. The Labute approximate surface area is 199 Å². The van der Waals surface area contributed by atoms with Gasteiger partial charge in [-0.3, -0.25) is 5.73 Å². The van der Waals surface area contributed by atoms with E-state index in [1.165, 1.54) is 13.3 Å². The molecule has 0 bridgehead atoms. The van der Waals surface area contributed by atoms with Crippen LogP contribution in [0.1, 0.15) is 36.9 Å². The molecule has 3 heterocycles. The fourth-order valence-electron chi connectivity index (χ4n) is 5.00. The monoisotopic (exact) mass is 514 g/mol. The molecule has 0 amide bonds. The maximum Gasteiger partial charge on any atom is 0.163 e. The number of aliphatic hydroxyl groups is 3. The van der Waals surface area contributed by atoms with Gasteiger partial charge in [0.2, 0.25) is 0 Å². The molecular formula is C23H27BrN6O3. The Balaban J connectivity index is 1.39. The minimum Gasteiger partial charge on any atom is -0.388 e. The lowest BCUT2D eigenvalue weighted by Gasteiger charge is -2.36. The fraction of sp³-hybridized carbons (Fsp3) is 0.391. The molecule has 9 nitrogen and oxygen atoms in total. The van der Waals surface area contributed by atoms with Crippen LogP contribution in [0.3, 0.4) is 0 Å². The summed E-state index contributed by atoms with van der Waals surface area (Å²) in [6.45, 7) is 1.49. The van der Waals surface area contributed by atoms with E-state index >= 15 is 0 Å². The van der Waals surface area contributed by atoms with Crippen molar-refractivity contribution in [1.82, 2.24) is 14.5 Å². The largest absolute Gasteiger partial charge is 0.388 e. The average Bonchev–Trinajstić information content (AvgIpc) is 3.26. The van der Waals surface area contributed by atoms with Gasteiger partial charge in [-0.1, -0.05) is 18.2 Å². The van der Waals surface area contributed by atoms with Crippen molar-refractivity contribution < 1.29 is 15.3 Å². The third-order valence-electron chi connectivity index (χ3n) is 7.10. The summed E-state index contributed by atoms with van der Waals surface area (Å²) in [5, 5.41) is 37.6. The third-order valence-corrected chi connectivity index (χ3v) is 7.57. The number of hydrogen-bond acceptors (Lipinski definition) is 8. The number of nitrogens with one attached hydrogen (secondary N) is 1. The van der Waals surface area contributed by atoms with E-state index in [0.717, 1.165) is 16.8 Å². The van der Waals surface area contributed by atoms with Gasteiger partial charge in [0.1, 0.15) is 29.5 Å². The first-order chi connectivity index (χ1) is 15.5. The van der Waals surface area contributed by atoms with E-state index in [0.29, 0.717) is 23.3 Å². The van der Waals surface area contributed by atoms with E-state index in [9.17, 15) is 15.3 Å². The minimum atomic E-state index is -1.72. The van der Waals surface area contributed by atoms with Crippen LogP contribution < -0.4 is 16.8 Å². The zero-order valence-corrected chi connectivity index (χ0v) is 19.7. The second-order valence-corrected chi connectivity index (χ2v) is 10.6. The van der Waals surface area contributed by atoms with Crippen molar-refractivity contribution in [2.24, 2.45) is 5.73 Å². The maximum absolute atomic E-state index is 11.5. The van der Waals surface area contributed by atoms with Crippen LogP contribution in [-0.4, -0.2) is 51.7 Å². The molecule has 2 aliphatic rings. The standard InChI is InChI=1S/C23H27BrN6O3/c1-21(32)18(31)17(30-9-6-15-19(25)27-12-28-20(15)30)11-22(21,33)7-4-13-2-3-14-5-8-23(24,26)29-16(14)10-13/h2-3,5-6,8-10,12,17-18,29,31-33H,4,7,11,26H2,1H3,(H2,25,27,28)/t17-,18+,21+,22-,23?/m1/s1. The first-order valence-electron chi connectivity index (χ1n) is 10.8. The number of aliphatic hydroxyl groups excluding tert-OH is 1. The highest BCUT2D eigenvalue weighted by molar-refractivity contribution is 9.10. The van der Waals surface area contributed by atoms with Crippen LogP contribution in [0, 0.1) is 0 Å². The number of fused-ring (bicyclic) bond motifs is 2. The molecule has 1 aromatic carbocycles. The van der Waals surface area contributed by atoms with Gasteiger partial charge >= 0.3 is 0 Å². The number of halogens is 1. The number of nitrogens with zero attached hydrogens (tertiary/aromatic N) is 3. The molecule has 0 saturated heterocycles. The van der Waals surface area contributed by atoms with E-state index in [2.05, 4.69) is 31.2 Å². The Morgan fingerprint density at radius 2 is 2.06 bits per heavy atom. The second kappa shape index (κ2) is 7.51. The van der Waals surface area contributed by atoms with Gasteiger partial charge in [0.15, 0.2) is 4.57 Å². The molecule has 1 fully saturated rings. The first kappa shape index (κ1) is 22.3. The Hall–Kier alpha value is -2.50. The van der Waals surface area contributed by atoms with E-state index in [4.69, 9.17) is 11.5 Å². The summed E-state index contributed by atoms with van der Waals surface area (Å²) in [7, 11) is 0. The van der Waals surface area contributed by atoms with Crippen molar-refractivity contribution in [2.45, 2.75) is 54.1 Å². The number of aromatic nitrogens is 3. The molecule has 10 heteroatoms. The molecule has 5 atom stereocenters. The lowest BCUT2D eigenvalue weighted by molar-refractivity contribution is -0.161. The molecule has 1 aliphatic carbocycles. The molecule has 2 aromatic heterocycles. The number of nitrogen functional groups attached to an aromatic ring is 1. The zero-order valence-electron chi connectivity index (χ0n) is 18.1. The summed E-state index contributed by atoms with van der Waals surface area (Å²) in [4.78, 5) is 8.29. The molecule has 8 N–H and O–H groups in total. The lowest BCUT2D eigenvalue weighted by Crippen LogP contribution is -2.53. The molecule has 3 aromatic rings. The minimum absolute atomic E-state index is 0.161. The number of aryl methyl sites for hydroxylation is 1. The number of anilines is 2. The van der Waals surface area contributed by atoms with Crippen molar-refractivity contribution in [1.29, 1.82) is 0 Å². The van der Waals surface area contributed by atoms with E-state index in [1.807, 2.05) is 30.4 Å². The Morgan fingerprint density at radius 1 is 1.27 bits per heavy atom. The molecule has 33 heavy (non-hydrogen) atoms. The Bertz CT molecular complexity index is 1260.